The van der Waals surface area contributed by atoms with E-state index < -0.39 is 0 Å². The van der Waals surface area contributed by atoms with Gasteiger partial charge in [-0.15, -0.1) is 10.2 Å². The number of rotatable bonds is 9. The van der Waals surface area contributed by atoms with Gasteiger partial charge in [0.1, 0.15) is 5.01 Å². The molecule has 0 spiro atoms. The van der Waals surface area contributed by atoms with Gasteiger partial charge in [0.15, 0.2) is 0 Å². The molecule has 132 valence electrons. The summed E-state index contributed by atoms with van der Waals surface area (Å²) in [4.78, 5) is 22.8. The molecule has 0 aliphatic rings. The van der Waals surface area contributed by atoms with E-state index in [1.54, 1.807) is 0 Å². The van der Waals surface area contributed by atoms with Crippen molar-refractivity contribution in [2.45, 2.75) is 32.1 Å². The molecule has 0 aliphatic carbocycles. The van der Waals surface area contributed by atoms with Gasteiger partial charge in [-0.05, 0) is 24.5 Å². The highest BCUT2D eigenvalue weighted by Gasteiger charge is 2.07. The number of anilines is 1. The van der Waals surface area contributed by atoms with Crippen LogP contribution in [0.4, 0.5) is 5.13 Å². The zero-order valence-electron chi connectivity index (χ0n) is 14.1. The molecular formula is C18H21N3O3S. The fourth-order valence-corrected chi connectivity index (χ4v) is 2.76. The SMILES string of the molecule is COC(=O)CCCCCC(=O)Nc1nnc(/C=C/c2ccccc2)s1. The number of aromatic nitrogens is 2. The van der Waals surface area contributed by atoms with Gasteiger partial charge in [-0.2, -0.15) is 0 Å². The summed E-state index contributed by atoms with van der Waals surface area (Å²) >= 11 is 1.33. The van der Waals surface area contributed by atoms with Crippen LogP contribution in [0, 0.1) is 0 Å². The Morgan fingerprint density at radius 1 is 1.08 bits per heavy atom. The number of nitrogens with one attached hydrogen (secondary N) is 1. The van der Waals surface area contributed by atoms with E-state index in [0.29, 0.717) is 18.0 Å². The second-order valence-electron chi connectivity index (χ2n) is 5.37. The van der Waals surface area contributed by atoms with E-state index >= 15 is 0 Å². The third kappa shape index (κ3) is 7.26. The predicted octanol–water partition coefficient (Wildman–Crippen LogP) is 3.77. The molecule has 0 fully saturated rings. The van der Waals surface area contributed by atoms with Gasteiger partial charge in [-0.3, -0.25) is 9.59 Å². The standard InChI is InChI=1S/C18H21N3O3S/c1-24-17(23)11-7-3-6-10-15(22)19-18-21-20-16(25-18)13-12-14-8-4-2-5-9-14/h2,4-5,8-9,12-13H,3,6-7,10-11H2,1H3,(H,19,21,22)/b13-12+. The Balaban J connectivity index is 1.70. The third-order valence-corrected chi connectivity index (χ3v) is 4.22. The Morgan fingerprint density at radius 3 is 2.60 bits per heavy atom. The van der Waals surface area contributed by atoms with Crippen LogP contribution in [0.15, 0.2) is 30.3 Å². The number of unbranched alkanes of at least 4 members (excludes halogenated alkanes) is 2. The van der Waals surface area contributed by atoms with E-state index in [1.165, 1.54) is 18.4 Å². The van der Waals surface area contributed by atoms with Gasteiger partial charge in [0.2, 0.25) is 11.0 Å². The van der Waals surface area contributed by atoms with Gasteiger partial charge in [0.25, 0.3) is 0 Å². The van der Waals surface area contributed by atoms with Crippen LogP contribution in [-0.2, 0) is 14.3 Å². The number of carbonyl (C=O) groups is 2. The molecule has 0 aliphatic heterocycles. The molecule has 0 radical (unpaired) electrons. The highest BCUT2D eigenvalue weighted by Crippen LogP contribution is 2.18. The molecule has 2 rings (SSSR count). The average molecular weight is 359 g/mol. The summed E-state index contributed by atoms with van der Waals surface area (Å²) in [5.74, 6) is -0.304. The van der Waals surface area contributed by atoms with E-state index in [-0.39, 0.29) is 11.9 Å². The van der Waals surface area contributed by atoms with Crippen LogP contribution >= 0.6 is 11.3 Å². The van der Waals surface area contributed by atoms with Crippen LogP contribution in [-0.4, -0.2) is 29.2 Å². The molecule has 7 heteroatoms. The molecule has 0 saturated heterocycles. The first-order valence-corrected chi connectivity index (χ1v) is 8.92. The molecule has 25 heavy (non-hydrogen) atoms. The minimum atomic E-state index is -0.214. The molecule has 6 nitrogen and oxygen atoms in total. The number of carbonyl (C=O) groups excluding carboxylic acids is 2. The number of esters is 1. The van der Waals surface area contributed by atoms with E-state index in [2.05, 4.69) is 20.3 Å². The summed E-state index contributed by atoms with van der Waals surface area (Å²) in [5.41, 5.74) is 1.08. The largest absolute Gasteiger partial charge is 0.469 e. The van der Waals surface area contributed by atoms with Crippen molar-refractivity contribution >= 4 is 40.5 Å². The molecule has 1 aromatic carbocycles. The van der Waals surface area contributed by atoms with Crippen molar-refractivity contribution < 1.29 is 14.3 Å². The van der Waals surface area contributed by atoms with Crippen molar-refractivity contribution in [1.82, 2.24) is 10.2 Å². The van der Waals surface area contributed by atoms with Gasteiger partial charge in [-0.25, -0.2) is 0 Å². The lowest BCUT2D eigenvalue weighted by Gasteiger charge is -2.01. The smallest absolute Gasteiger partial charge is 0.305 e. The second kappa shape index (κ2) is 10.4. The molecule has 1 heterocycles. The first-order chi connectivity index (χ1) is 12.2. The number of nitrogens with zero attached hydrogens (tertiary/aromatic N) is 2. The zero-order valence-corrected chi connectivity index (χ0v) is 14.9. The second-order valence-corrected chi connectivity index (χ2v) is 6.38. The molecule has 1 amide bonds. The molecular weight excluding hydrogens is 338 g/mol. The van der Waals surface area contributed by atoms with E-state index in [0.717, 1.165) is 29.8 Å². The van der Waals surface area contributed by atoms with Crippen LogP contribution in [0.1, 0.15) is 42.7 Å². The Labute approximate surface area is 150 Å². The number of hydrogen-bond donors (Lipinski definition) is 1. The number of hydrogen-bond acceptors (Lipinski definition) is 6. The van der Waals surface area contributed by atoms with Crippen LogP contribution in [0.3, 0.4) is 0 Å². The Kier molecular flexibility index (Phi) is 7.78. The number of benzene rings is 1. The average Bonchev–Trinajstić information content (AvgIpc) is 3.07. The van der Waals surface area contributed by atoms with Crippen molar-refractivity contribution in [1.29, 1.82) is 0 Å². The minimum Gasteiger partial charge on any atom is -0.469 e. The van der Waals surface area contributed by atoms with Crippen molar-refractivity contribution in [2.24, 2.45) is 0 Å². The van der Waals surface area contributed by atoms with Crippen molar-refractivity contribution in [3.63, 3.8) is 0 Å². The van der Waals surface area contributed by atoms with E-state index in [1.807, 2.05) is 42.5 Å². The normalized spacial score (nSPS) is 10.8. The van der Waals surface area contributed by atoms with Gasteiger partial charge < -0.3 is 10.1 Å². The first kappa shape index (κ1) is 18.8. The Bertz CT molecular complexity index is 713. The molecule has 2 aromatic rings. The van der Waals surface area contributed by atoms with E-state index in [4.69, 9.17) is 0 Å². The van der Waals surface area contributed by atoms with Crippen molar-refractivity contribution in [3.8, 4) is 0 Å². The number of methoxy groups -OCH3 is 1. The third-order valence-electron chi connectivity index (χ3n) is 3.42. The highest BCUT2D eigenvalue weighted by molar-refractivity contribution is 7.16. The Morgan fingerprint density at radius 2 is 1.84 bits per heavy atom. The fraction of sp³-hybridized carbons (Fsp3) is 0.333. The molecule has 1 aromatic heterocycles. The van der Waals surface area contributed by atoms with Gasteiger partial charge in [-0.1, -0.05) is 54.2 Å². The monoisotopic (exact) mass is 359 g/mol. The molecule has 1 N–H and O–H groups in total. The summed E-state index contributed by atoms with van der Waals surface area (Å²) in [6.07, 6.45) is 6.88. The predicted molar refractivity (Wildman–Crippen MR) is 99.0 cm³/mol. The summed E-state index contributed by atoms with van der Waals surface area (Å²) in [6.45, 7) is 0. The van der Waals surface area contributed by atoms with Gasteiger partial charge in [0.05, 0.1) is 7.11 Å². The highest BCUT2D eigenvalue weighted by atomic mass is 32.1. The van der Waals surface area contributed by atoms with Crippen LogP contribution in [0.5, 0.6) is 0 Å². The van der Waals surface area contributed by atoms with Crippen LogP contribution in [0.2, 0.25) is 0 Å². The maximum absolute atomic E-state index is 11.9. The van der Waals surface area contributed by atoms with Crippen LogP contribution in [0.25, 0.3) is 12.2 Å². The quantitative estimate of drug-likeness (QED) is 0.544. The zero-order chi connectivity index (χ0) is 17.9. The summed E-state index contributed by atoms with van der Waals surface area (Å²) in [5, 5.41) is 12.0. The molecule has 0 unspecified atom stereocenters. The topological polar surface area (TPSA) is 81.2 Å². The molecule has 0 atom stereocenters. The molecule has 0 saturated carbocycles. The van der Waals surface area contributed by atoms with Crippen molar-refractivity contribution in [2.75, 3.05) is 12.4 Å². The summed E-state index contributed by atoms with van der Waals surface area (Å²) in [7, 11) is 1.38. The first-order valence-electron chi connectivity index (χ1n) is 8.10. The lowest BCUT2D eigenvalue weighted by atomic mass is 10.1. The lowest BCUT2D eigenvalue weighted by Crippen LogP contribution is -2.10. The number of amides is 1. The number of ether oxygens (including phenoxy) is 1. The summed E-state index contributed by atoms with van der Waals surface area (Å²) in [6, 6.07) is 9.90. The van der Waals surface area contributed by atoms with Gasteiger partial charge >= 0.3 is 5.97 Å². The van der Waals surface area contributed by atoms with Gasteiger partial charge in [0, 0.05) is 12.8 Å². The minimum absolute atomic E-state index is 0.0900. The van der Waals surface area contributed by atoms with E-state index in [9.17, 15) is 9.59 Å². The molecule has 0 bridgehead atoms. The maximum Gasteiger partial charge on any atom is 0.305 e. The Hall–Kier alpha value is -2.54. The maximum atomic E-state index is 11.9. The van der Waals surface area contributed by atoms with Crippen molar-refractivity contribution in [3.05, 3.63) is 40.9 Å². The van der Waals surface area contributed by atoms with Crippen LogP contribution < -0.4 is 5.32 Å². The fourth-order valence-electron chi connectivity index (χ4n) is 2.10. The lowest BCUT2D eigenvalue weighted by molar-refractivity contribution is -0.140. The summed E-state index contributed by atoms with van der Waals surface area (Å²) < 4.78 is 4.57.